The van der Waals surface area contributed by atoms with Crippen molar-refractivity contribution in [1.82, 2.24) is 29.7 Å². The van der Waals surface area contributed by atoms with Gasteiger partial charge in [-0.2, -0.15) is 0 Å². The van der Waals surface area contributed by atoms with E-state index in [2.05, 4.69) is 37.3 Å². The maximum atomic E-state index is 13.8. The lowest BCUT2D eigenvalue weighted by molar-refractivity contribution is 0.0752. The number of nitrogens with zero attached hydrogens (tertiary/aromatic N) is 5. The molecule has 1 aliphatic heterocycles. The lowest BCUT2D eigenvalue weighted by atomic mass is 9.89. The van der Waals surface area contributed by atoms with Crippen LogP contribution in [0.15, 0.2) is 71.8 Å². The third-order valence-corrected chi connectivity index (χ3v) is 10.3. The summed E-state index contributed by atoms with van der Waals surface area (Å²) in [6, 6.07) is 14.5. The van der Waals surface area contributed by atoms with E-state index in [4.69, 9.17) is 4.98 Å². The summed E-state index contributed by atoms with van der Waals surface area (Å²) in [7, 11) is 0. The number of hydrogen-bond donors (Lipinski definition) is 3. The topological polar surface area (TPSA) is 116 Å². The molecular weight excluding hydrogens is 633 g/mol. The summed E-state index contributed by atoms with van der Waals surface area (Å²) in [5.74, 6) is 6.68. The SMILES string of the molecule is O=C(NCC#Cc1ccc2ncc(N[C@H]3CC[C@H](N4CCN(CC5CC5)CC4)CC3)nc2c1)c1cccn([C@H](CO)c2cccc(F)c2)c1=O. The second-order valence-electron chi connectivity index (χ2n) is 13.8. The Kier molecular flexibility index (Phi) is 10.5. The Morgan fingerprint density at radius 2 is 1.80 bits per heavy atom. The number of carbonyl (C=O) groups excluding carboxylic acids is 1. The van der Waals surface area contributed by atoms with E-state index in [1.165, 1.54) is 93.4 Å². The Hall–Kier alpha value is -4.63. The predicted molar refractivity (Wildman–Crippen MR) is 191 cm³/mol. The minimum Gasteiger partial charge on any atom is -0.394 e. The number of anilines is 1. The lowest BCUT2D eigenvalue weighted by Crippen LogP contribution is -2.51. The summed E-state index contributed by atoms with van der Waals surface area (Å²) in [6.45, 7) is 5.71. The molecule has 0 radical (unpaired) electrons. The molecule has 3 heterocycles. The number of amides is 1. The molecule has 2 aromatic carbocycles. The minimum absolute atomic E-state index is 0.0185. The molecule has 4 aromatic rings. The van der Waals surface area contributed by atoms with Crippen LogP contribution in [0.3, 0.4) is 0 Å². The number of rotatable bonds is 10. The van der Waals surface area contributed by atoms with Gasteiger partial charge < -0.3 is 25.2 Å². The number of hydrogen-bond acceptors (Lipinski definition) is 8. The first kappa shape index (κ1) is 33.8. The number of aliphatic hydroxyl groups excluding tert-OH is 1. The zero-order chi connectivity index (χ0) is 34.5. The van der Waals surface area contributed by atoms with Crippen molar-refractivity contribution in [3.8, 4) is 11.8 Å². The number of fused-ring (bicyclic) bond motifs is 1. The van der Waals surface area contributed by atoms with Crippen LogP contribution in [0.5, 0.6) is 0 Å². The van der Waals surface area contributed by atoms with E-state index in [9.17, 15) is 19.1 Å². The molecule has 3 aliphatic rings. The quantitative estimate of drug-likeness (QED) is 0.216. The lowest BCUT2D eigenvalue weighted by Gasteiger charge is -2.42. The van der Waals surface area contributed by atoms with Crippen LogP contribution in [0.1, 0.15) is 66.1 Å². The van der Waals surface area contributed by atoms with Gasteiger partial charge in [0.1, 0.15) is 17.2 Å². The Morgan fingerprint density at radius 1 is 0.980 bits per heavy atom. The van der Waals surface area contributed by atoms with Crippen LogP contribution in [-0.2, 0) is 0 Å². The van der Waals surface area contributed by atoms with Crippen molar-refractivity contribution in [1.29, 1.82) is 0 Å². The molecule has 2 aliphatic carbocycles. The van der Waals surface area contributed by atoms with E-state index >= 15 is 0 Å². The van der Waals surface area contributed by atoms with Crippen molar-refractivity contribution in [2.45, 2.75) is 56.7 Å². The molecule has 0 bridgehead atoms. The third-order valence-electron chi connectivity index (χ3n) is 10.3. The average Bonchev–Trinajstić information content (AvgIpc) is 3.96. The van der Waals surface area contributed by atoms with Crippen molar-refractivity contribution in [3.05, 3.63) is 99.9 Å². The second kappa shape index (κ2) is 15.5. The number of piperazine rings is 1. The van der Waals surface area contributed by atoms with Crippen LogP contribution in [0.4, 0.5) is 10.2 Å². The van der Waals surface area contributed by atoms with Gasteiger partial charge in [0.2, 0.25) is 0 Å². The molecule has 3 N–H and O–H groups in total. The fourth-order valence-corrected chi connectivity index (χ4v) is 7.29. The van der Waals surface area contributed by atoms with Gasteiger partial charge >= 0.3 is 0 Å². The Labute approximate surface area is 291 Å². The summed E-state index contributed by atoms with van der Waals surface area (Å²) in [5.41, 5.74) is 1.99. The van der Waals surface area contributed by atoms with E-state index in [1.54, 1.807) is 18.3 Å². The van der Waals surface area contributed by atoms with Crippen molar-refractivity contribution in [2.24, 2.45) is 5.92 Å². The van der Waals surface area contributed by atoms with Crippen LogP contribution in [0.2, 0.25) is 0 Å². The number of carbonyl (C=O) groups is 1. The van der Waals surface area contributed by atoms with Gasteiger partial charge in [0, 0.05) is 56.6 Å². The van der Waals surface area contributed by atoms with Gasteiger partial charge in [0.15, 0.2) is 0 Å². The van der Waals surface area contributed by atoms with Gasteiger partial charge in [-0.1, -0.05) is 24.0 Å². The maximum absolute atomic E-state index is 13.8. The summed E-state index contributed by atoms with van der Waals surface area (Å²) < 4.78 is 15.0. The molecule has 7 rings (SSSR count). The number of benzene rings is 2. The van der Waals surface area contributed by atoms with Gasteiger partial charge in [0.05, 0.1) is 36.4 Å². The van der Waals surface area contributed by atoms with Crippen molar-refractivity contribution in [3.63, 3.8) is 0 Å². The normalized spacial score (nSPS) is 20.5. The molecular formula is C39H44FN7O3. The van der Waals surface area contributed by atoms with Crippen LogP contribution in [0.25, 0.3) is 11.0 Å². The largest absolute Gasteiger partial charge is 0.394 e. The molecule has 1 amide bonds. The maximum Gasteiger partial charge on any atom is 0.264 e. The van der Waals surface area contributed by atoms with Crippen LogP contribution in [-0.4, -0.2) is 93.3 Å². The van der Waals surface area contributed by atoms with E-state index in [-0.39, 0.29) is 12.1 Å². The molecule has 11 heteroatoms. The minimum atomic E-state index is -0.833. The standard InChI is InChI=1S/C39H44FN7O3/c40-30-6-1-5-29(23-30)36(26-48)47-17-3-7-33(39(47)50)38(49)41-16-2-4-27-10-15-34-35(22-27)44-37(24-42-34)43-31-11-13-32(14-12-31)46-20-18-45(19-21-46)25-28-8-9-28/h1,3,5-7,10,15,17,22-24,28,31-32,36,48H,8-9,11-14,16,18-21,25-26H2,(H,41,49)(H,43,44)/t31-,32-,36-/m1/s1. The first-order valence-corrected chi connectivity index (χ1v) is 17.8. The zero-order valence-electron chi connectivity index (χ0n) is 28.2. The van der Waals surface area contributed by atoms with Gasteiger partial charge in [-0.05, 0) is 92.5 Å². The average molecular weight is 678 g/mol. The highest BCUT2D eigenvalue weighted by Crippen LogP contribution is 2.31. The van der Waals surface area contributed by atoms with Crippen molar-refractivity contribution >= 4 is 22.8 Å². The van der Waals surface area contributed by atoms with E-state index in [1.807, 2.05) is 18.2 Å². The molecule has 1 saturated heterocycles. The highest BCUT2D eigenvalue weighted by molar-refractivity contribution is 5.94. The monoisotopic (exact) mass is 677 g/mol. The fourth-order valence-electron chi connectivity index (χ4n) is 7.29. The molecule has 10 nitrogen and oxygen atoms in total. The second-order valence-corrected chi connectivity index (χ2v) is 13.8. The summed E-state index contributed by atoms with van der Waals surface area (Å²) in [6.07, 6.45) is 10.8. The Morgan fingerprint density at radius 3 is 2.56 bits per heavy atom. The van der Waals surface area contributed by atoms with Gasteiger partial charge in [-0.3, -0.25) is 19.5 Å². The van der Waals surface area contributed by atoms with Crippen LogP contribution < -0.4 is 16.2 Å². The molecule has 0 spiro atoms. The Balaban J connectivity index is 0.917. The summed E-state index contributed by atoms with van der Waals surface area (Å²) in [4.78, 5) is 40.9. The molecule has 2 saturated carbocycles. The molecule has 3 fully saturated rings. The van der Waals surface area contributed by atoms with Gasteiger partial charge in [-0.15, -0.1) is 0 Å². The Bertz CT molecular complexity index is 1940. The van der Waals surface area contributed by atoms with Crippen LogP contribution >= 0.6 is 0 Å². The van der Waals surface area contributed by atoms with Gasteiger partial charge in [-0.25, -0.2) is 9.37 Å². The number of halogens is 1. The fraction of sp³-hybridized carbons (Fsp3) is 0.436. The van der Waals surface area contributed by atoms with E-state index < -0.39 is 29.9 Å². The molecule has 2 aromatic heterocycles. The van der Waals surface area contributed by atoms with Crippen molar-refractivity contribution in [2.75, 3.05) is 51.2 Å². The summed E-state index contributed by atoms with van der Waals surface area (Å²) >= 11 is 0. The number of aliphatic hydroxyl groups is 1. The predicted octanol–water partition coefficient (Wildman–Crippen LogP) is 4.04. The van der Waals surface area contributed by atoms with Crippen LogP contribution in [0, 0.1) is 23.6 Å². The number of nitrogens with one attached hydrogen (secondary N) is 2. The highest BCUT2D eigenvalue weighted by atomic mass is 19.1. The smallest absolute Gasteiger partial charge is 0.264 e. The molecule has 0 unspecified atom stereocenters. The molecule has 50 heavy (non-hydrogen) atoms. The third kappa shape index (κ3) is 8.21. The zero-order valence-corrected chi connectivity index (χ0v) is 28.2. The first-order chi connectivity index (χ1) is 24.4. The number of aromatic nitrogens is 3. The van der Waals surface area contributed by atoms with E-state index in [0.29, 0.717) is 17.6 Å². The summed E-state index contributed by atoms with van der Waals surface area (Å²) in [5, 5.41) is 16.3. The van der Waals surface area contributed by atoms with E-state index in [0.717, 1.165) is 41.2 Å². The molecule has 260 valence electrons. The highest BCUT2D eigenvalue weighted by Gasteiger charge is 2.31. The van der Waals surface area contributed by atoms with Crippen molar-refractivity contribution < 1.29 is 14.3 Å². The molecule has 1 atom stereocenters. The van der Waals surface area contributed by atoms with Gasteiger partial charge in [0.25, 0.3) is 11.5 Å². The first-order valence-electron chi connectivity index (χ1n) is 17.8. The number of pyridine rings is 1.